The summed E-state index contributed by atoms with van der Waals surface area (Å²) in [5, 5.41) is 0. The van der Waals surface area contributed by atoms with Crippen LogP contribution in [-0.4, -0.2) is 36.0 Å². The zero-order valence-corrected chi connectivity index (χ0v) is 20.0. The number of carbonyl (C=O) groups is 1. The van der Waals surface area contributed by atoms with Crippen LogP contribution in [0.25, 0.3) is 0 Å². The largest absolute Gasteiger partial charge is 0.305 e. The van der Waals surface area contributed by atoms with E-state index in [9.17, 15) is 13.6 Å². The van der Waals surface area contributed by atoms with Crippen molar-refractivity contribution >= 4 is 11.6 Å². The van der Waals surface area contributed by atoms with Gasteiger partial charge in [0.25, 0.3) is 5.91 Å². The number of carbonyl (C=O) groups excluding carboxylic acids is 1. The van der Waals surface area contributed by atoms with E-state index in [1.165, 1.54) is 67.6 Å². The highest BCUT2D eigenvalue weighted by Crippen LogP contribution is 2.38. The number of halogens is 2. The fourth-order valence-corrected chi connectivity index (χ4v) is 5.94. The molecule has 2 atom stereocenters. The molecule has 0 N–H and O–H groups in total. The molecule has 2 aliphatic rings. The average molecular weight is 475 g/mol. The van der Waals surface area contributed by atoms with E-state index in [0.29, 0.717) is 23.2 Å². The Morgan fingerprint density at radius 2 is 1.34 bits per heavy atom. The molecular formula is C30H32F2N2O. The minimum absolute atomic E-state index is 0.00744. The number of piperidine rings is 1. The number of anilines is 1. The Hall–Kier alpha value is -3.05. The van der Waals surface area contributed by atoms with E-state index in [4.69, 9.17) is 0 Å². The molecule has 0 spiro atoms. The van der Waals surface area contributed by atoms with E-state index < -0.39 is 0 Å². The first-order chi connectivity index (χ1) is 17.1. The van der Waals surface area contributed by atoms with Crippen LogP contribution in [0.4, 0.5) is 14.5 Å². The molecule has 35 heavy (non-hydrogen) atoms. The van der Waals surface area contributed by atoms with Gasteiger partial charge in [0.1, 0.15) is 11.6 Å². The summed E-state index contributed by atoms with van der Waals surface area (Å²) in [6, 6.07) is 23.2. The quantitative estimate of drug-likeness (QED) is 0.406. The van der Waals surface area contributed by atoms with Gasteiger partial charge in [-0.2, -0.15) is 0 Å². The van der Waals surface area contributed by atoms with Gasteiger partial charge in [-0.25, -0.2) is 8.78 Å². The fraction of sp³-hybridized carbons (Fsp3) is 0.367. The summed E-state index contributed by atoms with van der Waals surface area (Å²) in [6.07, 6.45) is 6.67. The highest BCUT2D eigenvalue weighted by molar-refractivity contribution is 6.06. The SMILES string of the molecule is O=C(c1ccc(F)cc1)N(c1ccc(F)cc1)C1CCN([C@@H]2CCCC[C@@H]2c2ccccc2)CC1. The first-order valence-electron chi connectivity index (χ1n) is 12.7. The van der Waals surface area contributed by atoms with E-state index >= 15 is 0 Å². The number of rotatable bonds is 5. The maximum absolute atomic E-state index is 13.6. The Morgan fingerprint density at radius 1 is 0.743 bits per heavy atom. The summed E-state index contributed by atoms with van der Waals surface area (Å²) in [7, 11) is 0. The van der Waals surface area contributed by atoms with Crippen LogP contribution >= 0.6 is 0 Å². The molecule has 0 radical (unpaired) electrons. The van der Waals surface area contributed by atoms with Crippen molar-refractivity contribution < 1.29 is 13.6 Å². The Kier molecular flexibility index (Phi) is 7.24. The van der Waals surface area contributed by atoms with Crippen LogP contribution in [0.1, 0.15) is 60.4 Å². The lowest BCUT2D eigenvalue weighted by Crippen LogP contribution is -2.51. The van der Waals surface area contributed by atoms with Crippen molar-refractivity contribution in [2.45, 2.75) is 56.5 Å². The number of amides is 1. The van der Waals surface area contributed by atoms with Gasteiger partial charge in [0, 0.05) is 36.4 Å². The number of nitrogens with zero attached hydrogens (tertiary/aromatic N) is 2. The molecule has 0 aromatic heterocycles. The van der Waals surface area contributed by atoms with Gasteiger partial charge in [-0.3, -0.25) is 9.69 Å². The molecule has 182 valence electrons. The van der Waals surface area contributed by atoms with Gasteiger partial charge in [0.15, 0.2) is 0 Å². The molecule has 3 aromatic rings. The van der Waals surface area contributed by atoms with Crippen LogP contribution in [0.3, 0.4) is 0 Å². The van der Waals surface area contributed by atoms with Crippen molar-refractivity contribution in [2.75, 3.05) is 18.0 Å². The number of hydrogen-bond acceptors (Lipinski definition) is 2. The molecular weight excluding hydrogens is 442 g/mol. The average Bonchev–Trinajstić information content (AvgIpc) is 2.91. The molecule has 1 aliphatic carbocycles. The smallest absolute Gasteiger partial charge is 0.258 e. The van der Waals surface area contributed by atoms with Gasteiger partial charge < -0.3 is 4.90 Å². The van der Waals surface area contributed by atoms with Crippen molar-refractivity contribution in [3.8, 4) is 0 Å². The molecule has 3 aromatic carbocycles. The standard InChI is InChI=1S/C30H32F2N2O/c31-24-12-10-23(11-13-24)30(35)34(26-16-14-25(32)15-17-26)27-18-20-33(21-19-27)29-9-5-4-8-28(29)22-6-2-1-3-7-22/h1-3,6-7,10-17,27-29H,4-5,8-9,18-21H2/t28-,29-/m1/s1. The molecule has 1 aliphatic heterocycles. The van der Waals surface area contributed by atoms with Crippen molar-refractivity contribution in [1.29, 1.82) is 0 Å². The third-order valence-electron chi connectivity index (χ3n) is 7.71. The summed E-state index contributed by atoms with van der Waals surface area (Å²) in [5.74, 6) is -0.323. The topological polar surface area (TPSA) is 23.6 Å². The van der Waals surface area contributed by atoms with E-state index in [0.717, 1.165) is 25.9 Å². The minimum atomic E-state index is -0.372. The maximum Gasteiger partial charge on any atom is 0.258 e. The summed E-state index contributed by atoms with van der Waals surface area (Å²) >= 11 is 0. The zero-order chi connectivity index (χ0) is 24.2. The first kappa shape index (κ1) is 23.7. The third kappa shape index (κ3) is 5.30. The second-order valence-corrected chi connectivity index (χ2v) is 9.79. The molecule has 5 rings (SSSR count). The Balaban J connectivity index is 1.34. The highest BCUT2D eigenvalue weighted by atomic mass is 19.1. The van der Waals surface area contributed by atoms with Crippen LogP contribution < -0.4 is 4.90 Å². The van der Waals surface area contributed by atoms with Crippen LogP contribution in [0.15, 0.2) is 78.9 Å². The number of likely N-dealkylation sites (tertiary alicyclic amines) is 1. The lowest BCUT2D eigenvalue weighted by molar-refractivity contribution is 0.0895. The van der Waals surface area contributed by atoms with Gasteiger partial charge in [-0.1, -0.05) is 43.2 Å². The van der Waals surface area contributed by atoms with Crippen LogP contribution in [0, 0.1) is 11.6 Å². The lowest BCUT2D eigenvalue weighted by atomic mass is 9.78. The van der Waals surface area contributed by atoms with E-state index in [1.807, 2.05) is 0 Å². The molecule has 1 saturated heterocycles. The normalized spacial score (nSPS) is 21.5. The number of benzene rings is 3. The van der Waals surface area contributed by atoms with E-state index in [2.05, 4.69) is 35.2 Å². The zero-order valence-electron chi connectivity index (χ0n) is 20.0. The predicted molar refractivity (Wildman–Crippen MR) is 136 cm³/mol. The van der Waals surface area contributed by atoms with Crippen molar-refractivity contribution in [1.82, 2.24) is 4.90 Å². The molecule has 5 heteroatoms. The van der Waals surface area contributed by atoms with E-state index in [-0.39, 0.29) is 23.6 Å². The third-order valence-corrected chi connectivity index (χ3v) is 7.71. The van der Waals surface area contributed by atoms with Crippen molar-refractivity contribution in [2.24, 2.45) is 0 Å². The molecule has 2 fully saturated rings. The van der Waals surface area contributed by atoms with Crippen molar-refractivity contribution in [3.05, 3.63) is 102 Å². The molecule has 1 saturated carbocycles. The maximum atomic E-state index is 13.6. The van der Waals surface area contributed by atoms with Crippen LogP contribution in [0.5, 0.6) is 0 Å². The second kappa shape index (κ2) is 10.7. The predicted octanol–water partition coefficient (Wildman–Crippen LogP) is 6.80. The lowest BCUT2D eigenvalue weighted by Gasteiger charge is -2.45. The van der Waals surface area contributed by atoms with Crippen LogP contribution in [0.2, 0.25) is 0 Å². The summed E-state index contributed by atoms with van der Waals surface area (Å²) in [5.41, 5.74) is 2.55. The minimum Gasteiger partial charge on any atom is -0.305 e. The van der Waals surface area contributed by atoms with Gasteiger partial charge in [0.2, 0.25) is 0 Å². The van der Waals surface area contributed by atoms with Gasteiger partial charge in [-0.15, -0.1) is 0 Å². The first-order valence-corrected chi connectivity index (χ1v) is 12.7. The Labute approximate surface area is 206 Å². The Morgan fingerprint density at radius 3 is 2.00 bits per heavy atom. The van der Waals surface area contributed by atoms with Crippen molar-refractivity contribution in [3.63, 3.8) is 0 Å². The summed E-state index contributed by atoms with van der Waals surface area (Å²) in [6.45, 7) is 1.85. The van der Waals surface area contributed by atoms with E-state index in [1.54, 1.807) is 17.0 Å². The van der Waals surface area contributed by atoms with Gasteiger partial charge in [-0.05, 0) is 85.7 Å². The summed E-state index contributed by atoms with van der Waals surface area (Å²) < 4.78 is 27.1. The molecule has 3 nitrogen and oxygen atoms in total. The highest BCUT2D eigenvalue weighted by Gasteiger charge is 2.36. The molecule has 0 bridgehead atoms. The fourth-order valence-electron chi connectivity index (χ4n) is 5.94. The van der Waals surface area contributed by atoms with Gasteiger partial charge in [0.05, 0.1) is 0 Å². The number of hydrogen-bond donors (Lipinski definition) is 0. The molecule has 0 unspecified atom stereocenters. The molecule has 1 amide bonds. The monoisotopic (exact) mass is 474 g/mol. The van der Waals surface area contributed by atoms with Gasteiger partial charge >= 0.3 is 0 Å². The summed E-state index contributed by atoms with van der Waals surface area (Å²) in [4.78, 5) is 18.0. The van der Waals surface area contributed by atoms with Crippen LogP contribution in [-0.2, 0) is 0 Å². The Bertz CT molecular complexity index is 1110. The second-order valence-electron chi connectivity index (χ2n) is 9.79. The molecule has 1 heterocycles.